The van der Waals surface area contributed by atoms with E-state index in [4.69, 9.17) is 0 Å². The zero-order valence-corrected chi connectivity index (χ0v) is 12.3. The lowest BCUT2D eigenvalue weighted by molar-refractivity contribution is 0.0698. The quantitative estimate of drug-likeness (QED) is 0.908. The number of nitrogens with zero attached hydrogens (tertiary/aromatic N) is 1. The molecule has 2 aromatic rings. The largest absolute Gasteiger partial charge is 0.478 e. The van der Waals surface area contributed by atoms with Crippen molar-refractivity contribution in [2.75, 3.05) is 12.4 Å². The Labute approximate surface area is 123 Å². The van der Waals surface area contributed by atoms with Crippen molar-refractivity contribution < 1.29 is 14.7 Å². The molecule has 2 N–H and O–H groups in total. The lowest BCUT2D eigenvalue weighted by Gasteiger charge is -2.22. The van der Waals surface area contributed by atoms with Crippen LogP contribution in [-0.4, -0.2) is 35.1 Å². The summed E-state index contributed by atoms with van der Waals surface area (Å²) in [7, 11) is 1.67. The van der Waals surface area contributed by atoms with E-state index in [9.17, 15) is 14.7 Å². The summed E-state index contributed by atoms with van der Waals surface area (Å²) >= 11 is 0. The van der Waals surface area contributed by atoms with Crippen LogP contribution in [0.25, 0.3) is 10.8 Å². The summed E-state index contributed by atoms with van der Waals surface area (Å²) in [5.41, 5.74) is 0.387. The number of nitrogens with one attached hydrogen (secondary N) is 1. The molecular formula is C16H18N2O3. The monoisotopic (exact) mass is 286 g/mol. The molecule has 0 aliphatic rings. The Morgan fingerprint density at radius 2 is 1.71 bits per heavy atom. The Balaban J connectivity index is 2.44. The third-order valence-corrected chi connectivity index (χ3v) is 3.45. The molecule has 2 rings (SSSR count). The fourth-order valence-corrected chi connectivity index (χ4v) is 1.96. The van der Waals surface area contributed by atoms with Gasteiger partial charge in [-0.1, -0.05) is 24.3 Å². The van der Waals surface area contributed by atoms with E-state index in [0.29, 0.717) is 5.69 Å². The maximum Gasteiger partial charge on any atom is 0.337 e. The lowest BCUT2D eigenvalue weighted by atomic mass is 10.0. The number of carboxylic acids is 1. The lowest BCUT2D eigenvalue weighted by Crippen LogP contribution is -2.36. The second-order valence-electron chi connectivity index (χ2n) is 5.18. The molecule has 0 unspecified atom stereocenters. The Morgan fingerprint density at radius 3 is 2.24 bits per heavy atom. The number of hydrogen-bond acceptors (Lipinski definition) is 2. The second-order valence-corrected chi connectivity index (χ2v) is 5.18. The van der Waals surface area contributed by atoms with Gasteiger partial charge >= 0.3 is 12.0 Å². The molecule has 21 heavy (non-hydrogen) atoms. The van der Waals surface area contributed by atoms with Crippen molar-refractivity contribution in [3.8, 4) is 0 Å². The Kier molecular flexibility index (Phi) is 4.12. The van der Waals surface area contributed by atoms with Crippen molar-refractivity contribution in [2.45, 2.75) is 19.9 Å². The van der Waals surface area contributed by atoms with Gasteiger partial charge in [0.25, 0.3) is 0 Å². The minimum atomic E-state index is -1.07. The fourth-order valence-electron chi connectivity index (χ4n) is 1.96. The third kappa shape index (κ3) is 3.13. The molecular weight excluding hydrogens is 268 g/mol. The smallest absolute Gasteiger partial charge is 0.337 e. The van der Waals surface area contributed by atoms with Crippen molar-refractivity contribution in [2.24, 2.45) is 0 Å². The van der Waals surface area contributed by atoms with Crippen molar-refractivity contribution in [3.05, 3.63) is 42.0 Å². The average molecular weight is 286 g/mol. The molecule has 2 aromatic carbocycles. The Morgan fingerprint density at radius 1 is 1.14 bits per heavy atom. The van der Waals surface area contributed by atoms with E-state index in [1.807, 2.05) is 38.1 Å². The van der Waals surface area contributed by atoms with E-state index in [0.717, 1.165) is 10.8 Å². The molecule has 0 fully saturated rings. The standard InChI is InChI=1S/C16H18N2O3/c1-10(2)18(3)16(21)17-14-9-12-7-5-4-6-11(12)8-13(14)15(19)20/h4-10H,1-3H3,(H,17,21)(H,19,20). The summed E-state index contributed by atoms with van der Waals surface area (Å²) in [6.07, 6.45) is 0. The highest BCUT2D eigenvalue weighted by molar-refractivity contribution is 6.04. The molecule has 5 nitrogen and oxygen atoms in total. The SMILES string of the molecule is CC(C)N(C)C(=O)Nc1cc2ccccc2cc1C(=O)O. The highest BCUT2D eigenvalue weighted by Crippen LogP contribution is 2.24. The summed E-state index contributed by atoms with van der Waals surface area (Å²) in [4.78, 5) is 25.0. The molecule has 0 atom stereocenters. The van der Waals surface area contributed by atoms with Gasteiger partial charge in [-0.2, -0.15) is 0 Å². The molecule has 0 aliphatic carbocycles. The van der Waals surface area contributed by atoms with Crippen LogP contribution in [0, 0.1) is 0 Å². The maximum absolute atomic E-state index is 12.1. The number of aromatic carboxylic acids is 1. The van der Waals surface area contributed by atoms with Crippen LogP contribution >= 0.6 is 0 Å². The van der Waals surface area contributed by atoms with Gasteiger partial charge in [0.15, 0.2) is 0 Å². The first-order chi connectivity index (χ1) is 9.90. The molecule has 0 bridgehead atoms. The average Bonchev–Trinajstić information content (AvgIpc) is 2.45. The van der Waals surface area contributed by atoms with Gasteiger partial charge in [-0.05, 0) is 36.8 Å². The Hall–Kier alpha value is -2.56. The van der Waals surface area contributed by atoms with Crippen LogP contribution in [0.4, 0.5) is 10.5 Å². The predicted molar refractivity (Wildman–Crippen MR) is 82.8 cm³/mol. The maximum atomic E-state index is 12.1. The predicted octanol–water partition coefficient (Wildman–Crippen LogP) is 3.41. The first-order valence-corrected chi connectivity index (χ1v) is 6.70. The number of hydrogen-bond donors (Lipinski definition) is 2. The summed E-state index contributed by atoms with van der Waals surface area (Å²) in [5.74, 6) is -1.07. The zero-order chi connectivity index (χ0) is 15.6. The van der Waals surface area contributed by atoms with E-state index in [2.05, 4.69) is 5.32 Å². The van der Waals surface area contributed by atoms with E-state index in [-0.39, 0.29) is 17.6 Å². The van der Waals surface area contributed by atoms with Crippen LogP contribution in [0.2, 0.25) is 0 Å². The number of benzene rings is 2. The Bertz CT molecular complexity index is 695. The number of rotatable bonds is 3. The molecule has 0 saturated carbocycles. The summed E-state index contributed by atoms with van der Waals surface area (Å²) in [6, 6.07) is 10.4. The van der Waals surface area contributed by atoms with Crippen LogP contribution in [-0.2, 0) is 0 Å². The van der Waals surface area contributed by atoms with Gasteiger partial charge < -0.3 is 15.3 Å². The molecule has 2 amide bonds. The first kappa shape index (κ1) is 14.8. The van der Waals surface area contributed by atoms with E-state index >= 15 is 0 Å². The fraction of sp³-hybridized carbons (Fsp3) is 0.250. The third-order valence-electron chi connectivity index (χ3n) is 3.45. The van der Waals surface area contributed by atoms with Crippen LogP contribution < -0.4 is 5.32 Å². The summed E-state index contributed by atoms with van der Waals surface area (Å²) in [6.45, 7) is 3.77. The number of urea groups is 1. The summed E-state index contributed by atoms with van der Waals surface area (Å²) < 4.78 is 0. The van der Waals surface area contributed by atoms with Crippen LogP contribution in [0.1, 0.15) is 24.2 Å². The highest BCUT2D eigenvalue weighted by Gasteiger charge is 2.17. The number of fused-ring (bicyclic) bond motifs is 1. The number of carboxylic acid groups (broad SMARTS) is 1. The molecule has 0 spiro atoms. The number of amides is 2. The molecule has 5 heteroatoms. The van der Waals surface area contributed by atoms with Gasteiger partial charge in [0.2, 0.25) is 0 Å². The van der Waals surface area contributed by atoms with Crippen molar-refractivity contribution in [1.29, 1.82) is 0 Å². The molecule has 110 valence electrons. The topological polar surface area (TPSA) is 69.6 Å². The normalized spacial score (nSPS) is 10.7. The molecule has 0 aliphatic heterocycles. The minimum absolute atomic E-state index is 0.0266. The summed E-state index contributed by atoms with van der Waals surface area (Å²) in [5, 5.41) is 13.7. The molecule has 0 heterocycles. The van der Waals surface area contributed by atoms with Gasteiger partial charge in [-0.3, -0.25) is 0 Å². The van der Waals surface area contributed by atoms with Gasteiger partial charge in [-0.25, -0.2) is 9.59 Å². The van der Waals surface area contributed by atoms with Gasteiger partial charge in [0.05, 0.1) is 11.3 Å². The number of carbonyl (C=O) groups excluding carboxylic acids is 1. The number of anilines is 1. The van der Waals surface area contributed by atoms with Gasteiger partial charge in [0.1, 0.15) is 0 Å². The molecule has 0 radical (unpaired) electrons. The van der Waals surface area contributed by atoms with Crippen LogP contribution in [0.15, 0.2) is 36.4 Å². The highest BCUT2D eigenvalue weighted by atomic mass is 16.4. The van der Waals surface area contributed by atoms with Crippen molar-refractivity contribution in [1.82, 2.24) is 4.90 Å². The van der Waals surface area contributed by atoms with Gasteiger partial charge in [-0.15, -0.1) is 0 Å². The second kappa shape index (κ2) is 5.83. The molecule has 0 saturated heterocycles. The van der Waals surface area contributed by atoms with E-state index < -0.39 is 5.97 Å². The van der Waals surface area contributed by atoms with Gasteiger partial charge in [0, 0.05) is 13.1 Å². The zero-order valence-electron chi connectivity index (χ0n) is 12.3. The van der Waals surface area contributed by atoms with Crippen LogP contribution in [0.5, 0.6) is 0 Å². The number of carbonyl (C=O) groups is 2. The van der Waals surface area contributed by atoms with Crippen LogP contribution in [0.3, 0.4) is 0 Å². The minimum Gasteiger partial charge on any atom is -0.478 e. The first-order valence-electron chi connectivity index (χ1n) is 6.70. The van der Waals surface area contributed by atoms with E-state index in [1.165, 1.54) is 4.90 Å². The van der Waals surface area contributed by atoms with E-state index in [1.54, 1.807) is 19.2 Å². The van der Waals surface area contributed by atoms with Crippen molar-refractivity contribution in [3.63, 3.8) is 0 Å². The van der Waals surface area contributed by atoms with Crippen molar-refractivity contribution >= 4 is 28.5 Å². The molecule has 0 aromatic heterocycles.